The molecule has 2 bridgehead atoms. The number of halogens is 1. The van der Waals surface area contributed by atoms with E-state index in [0.717, 1.165) is 19.3 Å². The van der Waals surface area contributed by atoms with Gasteiger partial charge < -0.3 is 24.8 Å². The first-order valence-corrected chi connectivity index (χ1v) is 12.4. The maximum Gasteiger partial charge on any atom is 0.312 e. The van der Waals surface area contributed by atoms with Crippen LogP contribution in [0.5, 0.6) is 0 Å². The summed E-state index contributed by atoms with van der Waals surface area (Å²) in [7, 11) is 0. The third kappa shape index (κ3) is 4.37. The van der Waals surface area contributed by atoms with Crippen LogP contribution in [0.25, 0.3) is 0 Å². The van der Waals surface area contributed by atoms with Crippen molar-refractivity contribution in [2.75, 3.05) is 19.8 Å². The van der Waals surface area contributed by atoms with Crippen LogP contribution in [-0.4, -0.2) is 76.2 Å². The van der Waals surface area contributed by atoms with Crippen molar-refractivity contribution in [3.8, 4) is 0 Å². The van der Waals surface area contributed by atoms with Gasteiger partial charge in [0.1, 0.15) is 11.6 Å². The van der Waals surface area contributed by atoms with Crippen molar-refractivity contribution in [1.82, 2.24) is 10.2 Å². The Balaban J connectivity index is 1.92. The molecule has 4 unspecified atom stereocenters. The summed E-state index contributed by atoms with van der Waals surface area (Å²) in [4.78, 5) is 41.3. The highest BCUT2D eigenvalue weighted by molar-refractivity contribution is 9.09. The highest BCUT2D eigenvalue weighted by Gasteiger charge is 2.76. The van der Waals surface area contributed by atoms with Gasteiger partial charge in [0.25, 0.3) is 0 Å². The lowest BCUT2D eigenvalue weighted by Crippen LogP contribution is -2.57. The molecule has 3 heterocycles. The minimum Gasteiger partial charge on any atom is -0.466 e. The van der Waals surface area contributed by atoms with Gasteiger partial charge in [-0.2, -0.15) is 0 Å². The third-order valence-corrected chi connectivity index (χ3v) is 7.61. The molecule has 0 saturated carbocycles. The van der Waals surface area contributed by atoms with E-state index in [2.05, 4.69) is 28.2 Å². The van der Waals surface area contributed by atoms with Crippen LogP contribution in [0.15, 0.2) is 0 Å². The lowest BCUT2D eigenvalue weighted by Gasteiger charge is -2.34. The molecule has 3 aliphatic heterocycles. The van der Waals surface area contributed by atoms with Crippen molar-refractivity contribution in [1.29, 1.82) is 0 Å². The number of amides is 2. The average Bonchev–Trinajstić information content (AvgIpc) is 3.29. The van der Waals surface area contributed by atoms with Gasteiger partial charge in [0.15, 0.2) is 0 Å². The number of fused-ring (bicyclic) bond motifs is 1. The first-order chi connectivity index (χ1) is 14.8. The molecule has 0 aliphatic carbocycles. The van der Waals surface area contributed by atoms with Gasteiger partial charge in [-0.1, -0.05) is 29.3 Å². The molecule has 2 amide bonds. The monoisotopic (exact) mass is 502 g/mol. The zero-order valence-electron chi connectivity index (χ0n) is 18.6. The van der Waals surface area contributed by atoms with Gasteiger partial charge in [-0.3, -0.25) is 14.4 Å². The van der Waals surface area contributed by atoms with E-state index in [1.54, 1.807) is 11.8 Å². The van der Waals surface area contributed by atoms with Gasteiger partial charge in [-0.05, 0) is 46.0 Å². The molecule has 176 valence electrons. The highest BCUT2D eigenvalue weighted by Crippen LogP contribution is 2.60. The van der Waals surface area contributed by atoms with Crippen molar-refractivity contribution in [2.45, 2.75) is 87.9 Å². The van der Waals surface area contributed by atoms with E-state index in [0.29, 0.717) is 25.8 Å². The van der Waals surface area contributed by atoms with E-state index in [9.17, 15) is 14.4 Å². The summed E-state index contributed by atoms with van der Waals surface area (Å²) in [5.74, 6) is -2.27. The fraction of sp³-hybridized carbons (Fsp3) is 0.864. The summed E-state index contributed by atoms with van der Waals surface area (Å²) in [6, 6.07) is -0.790. The summed E-state index contributed by atoms with van der Waals surface area (Å²) < 4.78 is 11.7. The van der Waals surface area contributed by atoms with Crippen molar-refractivity contribution < 1.29 is 29.0 Å². The topological polar surface area (TPSA) is 105 Å². The fourth-order valence-electron chi connectivity index (χ4n) is 5.58. The number of likely N-dealkylation sites (tertiary alicyclic amines) is 1. The number of aliphatic hydroxyl groups is 1. The molecule has 7 atom stereocenters. The Morgan fingerprint density at radius 1 is 1.35 bits per heavy atom. The number of esters is 1. The summed E-state index contributed by atoms with van der Waals surface area (Å²) >= 11 is 3.63. The molecule has 3 saturated heterocycles. The summed E-state index contributed by atoms with van der Waals surface area (Å²) in [5.41, 5.74) is -1.03. The molecule has 3 fully saturated rings. The van der Waals surface area contributed by atoms with Crippen molar-refractivity contribution in [3.05, 3.63) is 0 Å². The largest absolute Gasteiger partial charge is 0.466 e. The lowest BCUT2D eigenvalue weighted by molar-refractivity contribution is -0.154. The van der Waals surface area contributed by atoms with E-state index in [1.165, 1.54) is 0 Å². The molecule has 3 rings (SSSR count). The zero-order valence-corrected chi connectivity index (χ0v) is 20.2. The average molecular weight is 503 g/mol. The van der Waals surface area contributed by atoms with Crippen LogP contribution in [0, 0.1) is 11.8 Å². The minimum absolute atomic E-state index is 0.0153. The van der Waals surface area contributed by atoms with Crippen molar-refractivity contribution in [2.24, 2.45) is 11.8 Å². The van der Waals surface area contributed by atoms with Crippen LogP contribution in [0.3, 0.4) is 0 Å². The molecule has 31 heavy (non-hydrogen) atoms. The third-order valence-electron chi connectivity index (χ3n) is 6.76. The second-order valence-corrected chi connectivity index (χ2v) is 10.1. The molecule has 0 aromatic heterocycles. The van der Waals surface area contributed by atoms with E-state index >= 15 is 0 Å². The highest BCUT2D eigenvalue weighted by atomic mass is 79.9. The molecule has 1 spiro atoms. The molecular formula is C22H35BrN2O6. The Kier molecular flexibility index (Phi) is 8.02. The molecular weight excluding hydrogens is 468 g/mol. The van der Waals surface area contributed by atoms with Crippen LogP contribution in [0.2, 0.25) is 0 Å². The molecule has 2 N–H and O–H groups in total. The van der Waals surface area contributed by atoms with E-state index in [4.69, 9.17) is 14.6 Å². The van der Waals surface area contributed by atoms with Crippen molar-refractivity contribution in [3.63, 3.8) is 0 Å². The number of rotatable bonds is 11. The Hall–Kier alpha value is -1.19. The molecule has 3 aliphatic rings. The van der Waals surface area contributed by atoms with Gasteiger partial charge in [0.05, 0.1) is 24.5 Å². The van der Waals surface area contributed by atoms with E-state index < -0.39 is 35.6 Å². The number of ether oxygens (including phenoxy) is 2. The predicted molar refractivity (Wildman–Crippen MR) is 117 cm³/mol. The van der Waals surface area contributed by atoms with Gasteiger partial charge >= 0.3 is 5.97 Å². The molecule has 0 radical (unpaired) electrons. The second kappa shape index (κ2) is 10.2. The molecule has 0 aromatic carbocycles. The number of nitrogens with zero attached hydrogens (tertiary/aromatic N) is 1. The fourth-order valence-corrected chi connectivity index (χ4v) is 6.52. The Labute approximate surface area is 192 Å². The quantitative estimate of drug-likeness (QED) is 0.253. The number of nitrogens with one attached hydrogen (secondary N) is 1. The smallest absolute Gasteiger partial charge is 0.312 e. The first-order valence-electron chi connectivity index (χ1n) is 11.5. The maximum absolute atomic E-state index is 13.6. The standard InChI is InChI=1S/C22H35BrN2O6/c1-4-9-13(3)24-19(27)18-22-12-14(23)17(31-22)15(21(29)30-5-2)16(22)20(28)25(18)10-7-6-8-11-26/h13-18,26H,4-12H2,1-3H3,(H,24,27)/t13?,14?,15-,16-,17-,18?,22?/m0/s1. The summed E-state index contributed by atoms with van der Waals surface area (Å²) in [6.07, 6.45) is 3.88. The van der Waals surface area contributed by atoms with Crippen LogP contribution < -0.4 is 5.32 Å². The van der Waals surface area contributed by atoms with Gasteiger partial charge in [-0.15, -0.1) is 0 Å². The first kappa shape index (κ1) is 24.5. The van der Waals surface area contributed by atoms with Gasteiger partial charge in [0.2, 0.25) is 11.8 Å². The van der Waals surface area contributed by atoms with Crippen LogP contribution in [0.1, 0.15) is 59.3 Å². The molecule has 9 heteroatoms. The van der Waals surface area contributed by atoms with Crippen molar-refractivity contribution >= 4 is 33.7 Å². The summed E-state index contributed by atoms with van der Waals surface area (Å²) in [6.45, 7) is 6.48. The Morgan fingerprint density at radius 2 is 2.10 bits per heavy atom. The second-order valence-electron chi connectivity index (χ2n) is 8.93. The van der Waals surface area contributed by atoms with Crippen LogP contribution in [-0.2, 0) is 23.9 Å². The number of hydrogen-bond donors (Lipinski definition) is 2. The molecule has 8 nitrogen and oxygen atoms in total. The number of hydrogen-bond acceptors (Lipinski definition) is 6. The van der Waals surface area contributed by atoms with Crippen LogP contribution in [0.4, 0.5) is 0 Å². The van der Waals surface area contributed by atoms with E-state index in [-0.39, 0.29) is 35.9 Å². The van der Waals surface area contributed by atoms with Gasteiger partial charge in [0, 0.05) is 24.0 Å². The summed E-state index contributed by atoms with van der Waals surface area (Å²) in [5, 5.41) is 12.1. The predicted octanol–water partition coefficient (Wildman–Crippen LogP) is 1.76. The Morgan fingerprint density at radius 3 is 2.74 bits per heavy atom. The maximum atomic E-state index is 13.6. The van der Waals surface area contributed by atoms with Gasteiger partial charge in [-0.25, -0.2) is 0 Å². The number of carbonyl (C=O) groups is 3. The normalized spacial score (nSPS) is 34.7. The lowest BCUT2D eigenvalue weighted by atomic mass is 9.70. The Bertz CT molecular complexity index is 691. The SMILES string of the molecule is CCCC(C)NC(=O)C1N(CCCCCO)C(=O)[C@@H]2[C@H](C(=O)OCC)[C@H]3OC12CC3Br. The number of aliphatic hydroxyl groups excluding tert-OH is 1. The number of alkyl halides is 1. The van der Waals surface area contributed by atoms with Crippen LogP contribution >= 0.6 is 15.9 Å². The molecule has 0 aromatic rings. The minimum atomic E-state index is -1.03. The van der Waals surface area contributed by atoms with E-state index in [1.807, 2.05) is 6.92 Å². The zero-order chi connectivity index (χ0) is 22.8. The number of unbranched alkanes of at least 4 members (excludes halogenated alkanes) is 2. The number of carbonyl (C=O) groups excluding carboxylic acids is 3.